The molecule has 1 atom stereocenters. The summed E-state index contributed by atoms with van der Waals surface area (Å²) in [6.07, 6.45) is 1.20. The molecule has 6 heteroatoms. The smallest absolute Gasteiger partial charge is 0.326 e. The molecule has 15 heavy (non-hydrogen) atoms. The minimum Gasteiger partial charge on any atom is -0.480 e. The van der Waals surface area contributed by atoms with E-state index in [4.69, 9.17) is 15.6 Å². The summed E-state index contributed by atoms with van der Waals surface area (Å²) in [6.45, 7) is 3.69. The van der Waals surface area contributed by atoms with Crippen LogP contribution in [0.15, 0.2) is 12.4 Å². The third-order valence-corrected chi connectivity index (χ3v) is 1.60. The molecule has 82 valence electrons. The quantitative estimate of drug-likeness (QED) is 0.745. The molecule has 1 rings (SSSR count). The number of hydrogen-bond acceptors (Lipinski definition) is 5. The molecular weight excluding hydrogens is 198 g/mol. The van der Waals surface area contributed by atoms with Gasteiger partial charge in [0.25, 0.3) is 0 Å². The molecule has 0 radical (unpaired) electrons. The Kier molecular flexibility index (Phi) is 3.56. The van der Waals surface area contributed by atoms with Crippen molar-refractivity contribution in [2.24, 2.45) is 5.73 Å². The van der Waals surface area contributed by atoms with Gasteiger partial charge in [0.05, 0.1) is 11.8 Å². The molecule has 1 heterocycles. The van der Waals surface area contributed by atoms with Crippen molar-refractivity contribution in [2.45, 2.75) is 26.0 Å². The fourth-order valence-corrected chi connectivity index (χ4v) is 0.956. The lowest BCUT2D eigenvalue weighted by atomic mass is 10.2. The molecule has 0 amide bonds. The number of carboxylic acid groups (broad SMARTS) is 1. The zero-order chi connectivity index (χ0) is 11.4. The fourth-order valence-electron chi connectivity index (χ4n) is 0.956. The Morgan fingerprint density at radius 2 is 2.20 bits per heavy atom. The Hall–Kier alpha value is -1.69. The summed E-state index contributed by atoms with van der Waals surface area (Å²) in [5, 5.41) is 8.68. The van der Waals surface area contributed by atoms with Gasteiger partial charge >= 0.3 is 5.97 Å². The van der Waals surface area contributed by atoms with E-state index in [9.17, 15) is 4.79 Å². The highest BCUT2D eigenvalue weighted by atomic mass is 16.5. The minimum atomic E-state index is -1.15. The molecule has 0 spiro atoms. The fraction of sp³-hybridized carbons (Fsp3) is 0.444. The molecule has 3 N–H and O–H groups in total. The lowest BCUT2D eigenvalue weighted by Gasteiger charge is -2.10. The van der Waals surface area contributed by atoms with E-state index in [1.807, 2.05) is 13.8 Å². The largest absolute Gasteiger partial charge is 0.480 e. The van der Waals surface area contributed by atoms with Crippen molar-refractivity contribution in [1.82, 2.24) is 9.97 Å². The zero-order valence-corrected chi connectivity index (χ0v) is 8.54. The number of carboxylic acids is 1. The Labute approximate surface area is 87.1 Å². The number of ether oxygens (including phenoxy) is 1. The average molecular weight is 211 g/mol. The van der Waals surface area contributed by atoms with Crippen LogP contribution in [0.1, 0.15) is 25.6 Å². The number of hydrogen-bond donors (Lipinski definition) is 2. The van der Waals surface area contributed by atoms with Crippen molar-refractivity contribution in [3.05, 3.63) is 18.1 Å². The lowest BCUT2D eigenvalue weighted by molar-refractivity contribution is -0.138. The summed E-state index contributed by atoms with van der Waals surface area (Å²) in [4.78, 5) is 18.2. The van der Waals surface area contributed by atoms with Crippen LogP contribution in [0.3, 0.4) is 0 Å². The number of carbonyl (C=O) groups is 1. The molecule has 1 unspecified atom stereocenters. The SMILES string of the molecule is CC(C)Oc1cc(C(N)C(=O)O)ncn1. The lowest BCUT2D eigenvalue weighted by Crippen LogP contribution is -2.22. The van der Waals surface area contributed by atoms with Crippen molar-refractivity contribution in [3.8, 4) is 5.88 Å². The summed E-state index contributed by atoms with van der Waals surface area (Å²) < 4.78 is 5.29. The van der Waals surface area contributed by atoms with Gasteiger partial charge in [-0.15, -0.1) is 0 Å². The molecule has 0 aliphatic carbocycles. The molecule has 0 aliphatic rings. The van der Waals surface area contributed by atoms with Crippen LogP contribution in [-0.2, 0) is 4.79 Å². The Morgan fingerprint density at radius 1 is 1.53 bits per heavy atom. The van der Waals surface area contributed by atoms with Crippen molar-refractivity contribution in [1.29, 1.82) is 0 Å². The van der Waals surface area contributed by atoms with Gasteiger partial charge in [0.2, 0.25) is 5.88 Å². The van der Waals surface area contributed by atoms with Gasteiger partial charge in [-0.1, -0.05) is 0 Å². The second-order valence-electron chi connectivity index (χ2n) is 3.26. The highest BCUT2D eigenvalue weighted by molar-refractivity contribution is 5.74. The summed E-state index contributed by atoms with van der Waals surface area (Å²) in [5.74, 6) is -0.809. The third-order valence-electron chi connectivity index (χ3n) is 1.60. The van der Waals surface area contributed by atoms with Crippen molar-refractivity contribution in [3.63, 3.8) is 0 Å². The number of rotatable bonds is 4. The molecule has 1 aromatic rings. The number of aromatic nitrogens is 2. The maximum atomic E-state index is 10.6. The summed E-state index contributed by atoms with van der Waals surface area (Å²) in [5.41, 5.74) is 5.62. The first-order valence-corrected chi connectivity index (χ1v) is 4.47. The van der Waals surface area contributed by atoms with Gasteiger partial charge < -0.3 is 15.6 Å². The van der Waals surface area contributed by atoms with Crippen LogP contribution < -0.4 is 10.5 Å². The van der Waals surface area contributed by atoms with Gasteiger partial charge in [-0.05, 0) is 13.8 Å². The Bertz CT molecular complexity index is 354. The van der Waals surface area contributed by atoms with E-state index in [1.165, 1.54) is 12.4 Å². The molecule has 0 saturated heterocycles. The first-order valence-electron chi connectivity index (χ1n) is 4.47. The van der Waals surface area contributed by atoms with Gasteiger partial charge in [-0.25, -0.2) is 9.97 Å². The Morgan fingerprint density at radius 3 is 2.73 bits per heavy atom. The van der Waals surface area contributed by atoms with Crippen molar-refractivity contribution in [2.75, 3.05) is 0 Å². The monoisotopic (exact) mass is 211 g/mol. The van der Waals surface area contributed by atoms with Crippen LogP contribution >= 0.6 is 0 Å². The van der Waals surface area contributed by atoms with Crippen LogP contribution in [0, 0.1) is 0 Å². The molecule has 0 aliphatic heterocycles. The van der Waals surface area contributed by atoms with Gasteiger partial charge in [0.15, 0.2) is 0 Å². The molecule has 1 aromatic heterocycles. The summed E-state index contributed by atoms with van der Waals surface area (Å²) in [7, 11) is 0. The van der Waals surface area contributed by atoms with E-state index in [0.29, 0.717) is 5.88 Å². The van der Waals surface area contributed by atoms with E-state index in [-0.39, 0.29) is 11.8 Å². The van der Waals surface area contributed by atoms with Crippen LogP contribution in [0.4, 0.5) is 0 Å². The summed E-state index contributed by atoms with van der Waals surface area (Å²) in [6, 6.07) is 0.279. The highest BCUT2D eigenvalue weighted by Crippen LogP contribution is 2.13. The molecule has 6 nitrogen and oxygen atoms in total. The Balaban J connectivity index is 2.87. The molecular formula is C9H13N3O3. The van der Waals surface area contributed by atoms with Crippen LogP contribution in [-0.4, -0.2) is 27.1 Å². The van der Waals surface area contributed by atoms with Crippen LogP contribution in [0.2, 0.25) is 0 Å². The first-order chi connectivity index (χ1) is 7.00. The normalized spacial score (nSPS) is 12.5. The van der Waals surface area contributed by atoms with Gasteiger partial charge in [-0.2, -0.15) is 0 Å². The van der Waals surface area contributed by atoms with E-state index in [2.05, 4.69) is 9.97 Å². The second kappa shape index (κ2) is 4.70. The maximum absolute atomic E-state index is 10.6. The van der Waals surface area contributed by atoms with Gasteiger partial charge in [0.1, 0.15) is 12.4 Å². The molecule has 0 saturated carbocycles. The second-order valence-corrected chi connectivity index (χ2v) is 3.26. The first kappa shape index (κ1) is 11.4. The third kappa shape index (κ3) is 3.17. The molecule has 0 aromatic carbocycles. The number of nitrogens with two attached hydrogens (primary N) is 1. The van der Waals surface area contributed by atoms with E-state index < -0.39 is 12.0 Å². The number of aliphatic carboxylic acids is 1. The van der Waals surface area contributed by atoms with Gasteiger partial charge in [0, 0.05) is 6.07 Å². The van der Waals surface area contributed by atoms with Gasteiger partial charge in [-0.3, -0.25) is 4.79 Å². The average Bonchev–Trinajstić information content (AvgIpc) is 2.16. The zero-order valence-electron chi connectivity index (χ0n) is 8.54. The van der Waals surface area contributed by atoms with E-state index >= 15 is 0 Å². The minimum absolute atomic E-state index is 0.0335. The standard InChI is InChI=1S/C9H13N3O3/c1-5(2)15-7-3-6(11-4-12-7)8(10)9(13)14/h3-5,8H,10H2,1-2H3,(H,13,14). The predicted octanol–water partition coefficient (Wildman–Crippen LogP) is 0.348. The van der Waals surface area contributed by atoms with Crippen LogP contribution in [0.5, 0.6) is 5.88 Å². The number of nitrogens with zero attached hydrogens (tertiary/aromatic N) is 2. The van der Waals surface area contributed by atoms with Crippen molar-refractivity contribution < 1.29 is 14.6 Å². The highest BCUT2D eigenvalue weighted by Gasteiger charge is 2.16. The van der Waals surface area contributed by atoms with Crippen molar-refractivity contribution >= 4 is 5.97 Å². The predicted molar refractivity (Wildman–Crippen MR) is 52.4 cm³/mol. The molecule has 0 fully saturated rings. The van der Waals surface area contributed by atoms with E-state index in [0.717, 1.165) is 0 Å². The van der Waals surface area contributed by atoms with E-state index in [1.54, 1.807) is 0 Å². The molecule has 0 bridgehead atoms. The summed E-state index contributed by atoms with van der Waals surface area (Å²) >= 11 is 0. The maximum Gasteiger partial charge on any atom is 0.326 e. The van der Waals surface area contributed by atoms with Crippen LogP contribution in [0.25, 0.3) is 0 Å². The topological polar surface area (TPSA) is 98.3 Å².